The fourth-order valence-corrected chi connectivity index (χ4v) is 3.00. The molecule has 0 spiro atoms. The fourth-order valence-electron chi connectivity index (χ4n) is 1.26. The second-order valence-electron chi connectivity index (χ2n) is 3.88. The summed E-state index contributed by atoms with van der Waals surface area (Å²) in [4.78, 5) is 11.0. The predicted molar refractivity (Wildman–Crippen MR) is 80.9 cm³/mol. The molecule has 112 valence electrons. The highest BCUT2D eigenvalue weighted by molar-refractivity contribution is 14.1. The predicted octanol–water partition coefficient (Wildman–Crippen LogP) is 1.58. The Morgan fingerprint density at radius 3 is 2.70 bits per heavy atom. The first-order chi connectivity index (χ1) is 9.26. The average Bonchev–Trinajstić information content (AvgIpc) is 2.38. The molecule has 0 aliphatic heterocycles. The summed E-state index contributed by atoms with van der Waals surface area (Å²) in [5.41, 5.74) is 0.275. The van der Waals surface area contributed by atoms with Crippen LogP contribution in [0, 0.1) is 9.39 Å². The van der Waals surface area contributed by atoms with Gasteiger partial charge in [0.15, 0.2) is 0 Å². The molecule has 0 saturated carbocycles. The van der Waals surface area contributed by atoms with Crippen molar-refractivity contribution >= 4 is 44.5 Å². The van der Waals surface area contributed by atoms with E-state index in [1.807, 2.05) is 22.6 Å². The van der Waals surface area contributed by atoms with Crippen LogP contribution in [0.3, 0.4) is 0 Å². The van der Waals surface area contributed by atoms with E-state index >= 15 is 0 Å². The van der Waals surface area contributed by atoms with Crippen molar-refractivity contribution in [3.8, 4) is 0 Å². The first-order valence-electron chi connectivity index (χ1n) is 5.52. The van der Waals surface area contributed by atoms with Crippen molar-refractivity contribution in [1.29, 1.82) is 0 Å². The van der Waals surface area contributed by atoms with Crippen molar-refractivity contribution in [3.63, 3.8) is 0 Å². The Hall–Kier alpha value is -0.940. The van der Waals surface area contributed by atoms with Gasteiger partial charge in [0.25, 0.3) is 0 Å². The highest BCUT2D eigenvalue weighted by atomic mass is 127. The quantitative estimate of drug-likeness (QED) is 0.565. The van der Waals surface area contributed by atoms with E-state index in [0.717, 1.165) is 10.4 Å². The van der Waals surface area contributed by atoms with Crippen LogP contribution in [0.25, 0.3) is 0 Å². The van der Waals surface area contributed by atoms with Crippen molar-refractivity contribution < 1.29 is 22.3 Å². The molecule has 0 radical (unpaired) electrons. The van der Waals surface area contributed by atoms with Crippen LogP contribution in [-0.2, 0) is 19.7 Å². The Morgan fingerprint density at radius 2 is 2.15 bits per heavy atom. The van der Waals surface area contributed by atoms with Crippen molar-refractivity contribution in [2.24, 2.45) is 0 Å². The summed E-state index contributed by atoms with van der Waals surface area (Å²) in [5, 5.41) is 0. The van der Waals surface area contributed by atoms with Crippen LogP contribution in [0.4, 0.5) is 10.1 Å². The number of hydrogen-bond donors (Lipinski definition) is 1. The maximum absolute atomic E-state index is 12.9. The number of carbonyl (C=O) groups excluding carboxylic acids is 1. The van der Waals surface area contributed by atoms with E-state index in [0.29, 0.717) is 3.57 Å². The molecular weight excluding hydrogens is 402 g/mol. The number of esters is 1. The van der Waals surface area contributed by atoms with Gasteiger partial charge in [-0.25, -0.2) is 4.39 Å². The summed E-state index contributed by atoms with van der Waals surface area (Å²) in [6.45, 7) is -0.0141. The first-order valence-corrected chi connectivity index (χ1v) is 8.04. The second kappa shape index (κ2) is 7.18. The van der Waals surface area contributed by atoms with Crippen molar-refractivity contribution in [2.75, 3.05) is 25.4 Å². The van der Waals surface area contributed by atoms with Crippen LogP contribution < -0.4 is 4.72 Å². The number of hydrogen-bond acceptors (Lipinski definition) is 4. The molecule has 0 bridgehead atoms. The van der Waals surface area contributed by atoms with Gasteiger partial charge in [-0.15, -0.1) is 0 Å². The fraction of sp³-hybridized carbons (Fsp3) is 0.364. The highest BCUT2D eigenvalue weighted by Crippen LogP contribution is 2.20. The number of anilines is 1. The van der Waals surface area contributed by atoms with Gasteiger partial charge in [-0.3, -0.25) is 9.52 Å². The van der Waals surface area contributed by atoms with Gasteiger partial charge in [0.2, 0.25) is 0 Å². The molecule has 1 N–H and O–H groups in total. The van der Waals surface area contributed by atoms with E-state index in [9.17, 15) is 17.6 Å². The molecule has 0 aromatic heterocycles. The van der Waals surface area contributed by atoms with Crippen LogP contribution >= 0.6 is 22.6 Å². The summed E-state index contributed by atoms with van der Waals surface area (Å²) < 4.78 is 45.1. The molecule has 0 aliphatic carbocycles. The zero-order valence-electron chi connectivity index (χ0n) is 10.9. The summed E-state index contributed by atoms with van der Waals surface area (Å²) in [6, 6.07) is 3.71. The molecule has 1 aromatic rings. The minimum Gasteiger partial charge on any atom is -0.469 e. The van der Waals surface area contributed by atoms with E-state index in [4.69, 9.17) is 0 Å². The number of rotatable bonds is 6. The molecule has 1 rings (SSSR count). The number of methoxy groups -OCH3 is 1. The topological polar surface area (TPSA) is 75.7 Å². The Labute approximate surface area is 130 Å². The summed E-state index contributed by atoms with van der Waals surface area (Å²) in [7, 11) is -1.24. The molecule has 0 saturated heterocycles. The van der Waals surface area contributed by atoms with Crippen LogP contribution in [0.2, 0.25) is 0 Å². The average molecular weight is 416 g/mol. The molecule has 0 amide bonds. The third-order valence-electron chi connectivity index (χ3n) is 2.44. The lowest BCUT2D eigenvalue weighted by Crippen LogP contribution is -2.34. The lowest BCUT2D eigenvalue weighted by atomic mass is 10.3. The lowest BCUT2D eigenvalue weighted by Gasteiger charge is -2.18. The molecule has 1 aromatic carbocycles. The molecule has 0 heterocycles. The standard InChI is InChI=1S/C11H14FIN2O4S/c1-15(6-5-11(16)19-2)20(17,18)14-10-4-3-8(12)7-9(10)13/h3-4,7,14H,5-6H2,1-2H3. The molecule has 9 heteroatoms. The van der Waals surface area contributed by atoms with Crippen LogP contribution in [-0.4, -0.2) is 39.4 Å². The normalized spacial score (nSPS) is 11.4. The summed E-state index contributed by atoms with van der Waals surface area (Å²) in [6.07, 6.45) is -0.0472. The molecule has 6 nitrogen and oxygen atoms in total. The molecule has 0 unspecified atom stereocenters. The van der Waals surface area contributed by atoms with Crippen LogP contribution in [0.1, 0.15) is 6.42 Å². The first kappa shape index (κ1) is 17.1. The smallest absolute Gasteiger partial charge is 0.306 e. The Bertz CT molecular complexity index is 594. The zero-order valence-corrected chi connectivity index (χ0v) is 13.9. The van der Waals surface area contributed by atoms with Gasteiger partial charge < -0.3 is 4.74 Å². The highest BCUT2D eigenvalue weighted by Gasteiger charge is 2.19. The van der Waals surface area contributed by atoms with Crippen LogP contribution in [0.15, 0.2) is 18.2 Å². The van der Waals surface area contributed by atoms with Crippen molar-refractivity contribution in [3.05, 3.63) is 27.6 Å². The third-order valence-corrected chi connectivity index (χ3v) is 4.81. The molecule has 0 atom stereocenters. The molecule has 0 aliphatic rings. The van der Waals surface area contributed by atoms with Crippen LogP contribution in [0.5, 0.6) is 0 Å². The van der Waals surface area contributed by atoms with E-state index in [1.165, 1.54) is 26.3 Å². The largest absolute Gasteiger partial charge is 0.469 e. The van der Waals surface area contributed by atoms with Gasteiger partial charge in [0.1, 0.15) is 5.82 Å². The van der Waals surface area contributed by atoms with Crippen molar-refractivity contribution in [1.82, 2.24) is 4.31 Å². The lowest BCUT2D eigenvalue weighted by molar-refractivity contribution is -0.140. The van der Waals surface area contributed by atoms with E-state index in [1.54, 1.807) is 0 Å². The Morgan fingerprint density at radius 1 is 1.50 bits per heavy atom. The van der Waals surface area contributed by atoms with Gasteiger partial charge in [-0.05, 0) is 40.8 Å². The Kier molecular flexibility index (Phi) is 6.14. The number of carbonyl (C=O) groups is 1. The summed E-state index contributed by atoms with van der Waals surface area (Å²) in [5.74, 6) is -0.945. The van der Waals surface area contributed by atoms with Gasteiger partial charge in [0.05, 0.1) is 19.2 Å². The monoisotopic (exact) mass is 416 g/mol. The number of ether oxygens (including phenoxy) is 1. The minimum absolute atomic E-state index is 0.0141. The van der Waals surface area contributed by atoms with E-state index in [2.05, 4.69) is 9.46 Å². The van der Waals surface area contributed by atoms with Crippen molar-refractivity contribution in [2.45, 2.75) is 6.42 Å². The molecular formula is C11H14FIN2O4S. The van der Waals surface area contributed by atoms with Gasteiger partial charge in [-0.1, -0.05) is 0 Å². The molecule has 0 fully saturated rings. The number of halogens is 2. The van der Waals surface area contributed by atoms with E-state index < -0.39 is 22.0 Å². The minimum atomic E-state index is -3.80. The number of nitrogens with zero attached hydrogens (tertiary/aromatic N) is 1. The zero-order chi connectivity index (χ0) is 15.3. The third kappa shape index (κ3) is 4.87. The number of nitrogens with one attached hydrogen (secondary N) is 1. The van der Waals surface area contributed by atoms with Gasteiger partial charge in [0, 0.05) is 17.2 Å². The van der Waals surface area contributed by atoms with Gasteiger partial charge >= 0.3 is 16.2 Å². The summed E-state index contributed by atoms with van der Waals surface area (Å²) >= 11 is 1.83. The Balaban J connectivity index is 2.76. The maximum atomic E-state index is 12.9. The maximum Gasteiger partial charge on any atom is 0.306 e. The number of benzene rings is 1. The SMILES string of the molecule is COC(=O)CCN(C)S(=O)(=O)Nc1ccc(F)cc1I. The molecule has 20 heavy (non-hydrogen) atoms. The van der Waals surface area contributed by atoms with Gasteiger partial charge in [-0.2, -0.15) is 12.7 Å². The second-order valence-corrected chi connectivity index (χ2v) is 6.82. The van der Waals surface area contributed by atoms with E-state index in [-0.39, 0.29) is 18.7 Å².